The van der Waals surface area contributed by atoms with Crippen molar-refractivity contribution in [1.82, 2.24) is 18.9 Å². The fourth-order valence-corrected chi connectivity index (χ4v) is 2.79. The molecule has 3 rings (SSSR count). The van der Waals surface area contributed by atoms with Crippen LogP contribution in [0.4, 0.5) is 5.69 Å². The third-order valence-corrected chi connectivity index (χ3v) is 3.86. The van der Waals surface area contributed by atoms with Gasteiger partial charge in [-0.15, -0.1) is 0 Å². The van der Waals surface area contributed by atoms with E-state index in [0.717, 1.165) is 17.2 Å². The summed E-state index contributed by atoms with van der Waals surface area (Å²) in [5.74, 6) is 0. The van der Waals surface area contributed by atoms with E-state index in [9.17, 15) is 20.0 Å². The van der Waals surface area contributed by atoms with Gasteiger partial charge in [0.2, 0.25) is 0 Å². The lowest BCUT2D eigenvalue weighted by molar-refractivity contribution is -0.385. The maximum absolute atomic E-state index is 12.5. The molecule has 1 aromatic carbocycles. The Morgan fingerprint density at radius 1 is 1.25 bits per heavy atom. The summed E-state index contributed by atoms with van der Waals surface area (Å²) < 4.78 is 4.45. The highest BCUT2D eigenvalue weighted by molar-refractivity contribution is 5.75. The van der Waals surface area contributed by atoms with E-state index in [2.05, 4.69) is 5.10 Å². The molecular formula is C15H17N5O4. The summed E-state index contributed by atoms with van der Waals surface area (Å²) in [6, 6.07) is 7.38. The third-order valence-electron chi connectivity index (χ3n) is 3.86. The van der Waals surface area contributed by atoms with Crippen molar-refractivity contribution >= 4 is 16.7 Å². The number of hydrogen-bond acceptors (Lipinski definition) is 5. The van der Waals surface area contributed by atoms with Gasteiger partial charge in [0.15, 0.2) is 0 Å². The number of hydrogen-bond donors (Lipinski definition) is 1. The molecule has 3 aromatic rings. The Labute approximate surface area is 136 Å². The van der Waals surface area contributed by atoms with Crippen molar-refractivity contribution in [2.75, 3.05) is 0 Å². The molecule has 0 aliphatic heterocycles. The molecule has 9 nitrogen and oxygen atoms in total. The molecule has 126 valence electrons. The molecular weight excluding hydrogens is 314 g/mol. The number of aromatic nitrogens is 4. The van der Waals surface area contributed by atoms with Crippen LogP contribution in [-0.2, 0) is 19.6 Å². The van der Waals surface area contributed by atoms with Gasteiger partial charge in [-0.2, -0.15) is 5.10 Å². The average molecular weight is 331 g/mol. The Bertz CT molecular complexity index is 939. The van der Waals surface area contributed by atoms with E-state index in [0.29, 0.717) is 6.54 Å². The van der Waals surface area contributed by atoms with E-state index in [1.165, 1.54) is 15.4 Å². The molecule has 0 bridgehead atoms. The Morgan fingerprint density at radius 3 is 2.50 bits per heavy atom. The van der Waals surface area contributed by atoms with Gasteiger partial charge < -0.3 is 5.11 Å². The molecule has 0 aliphatic rings. The van der Waals surface area contributed by atoms with Crippen LogP contribution in [-0.4, -0.2) is 35.0 Å². The van der Waals surface area contributed by atoms with E-state index < -0.39 is 11.0 Å². The van der Waals surface area contributed by atoms with Crippen LogP contribution in [0, 0.1) is 10.1 Å². The van der Waals surface area contributed by atoms with Crippen molar-refractivity contribution in [3.05, 3.63) is 57.3 Å². The van der Waals surface area contributed by atoms with Crippen LogP contribution in [0.3, 0.4) is 0 Å². The first-order valence-electron chi connectivity index (χ1n) is 7.54. The van der Waals surface area contributed by atoms with Crippen molar-refractivity contribution in [2.24, 2.45) is 0 Å². The van der Waals surface area contributed by atoms with Gasteiger partial charge in [-0.1, -0.05) is 12.1 Å². The lowest BCUT2D eigenvalue weighted by atomic mass is 10.3. The number of fused-ring (bicyclic) bond motifs is 1. The minimum Gasteiger partial charge on any atom is -0.389 e. The van der Waals surface area contributed by atoms with Crippen LogP contribution in [0.5, 0.6) is 0 Å². The van der Waals surface area contributed by atoms with E-state index in [1.807, 2.05) is 31.2 Å². The number of para-hydroxylation sites is 2. The zero-order chi connectivity index (χ0) is 17.3. The van der Waals surface area contributed by atoms with Crippen LogP contribution < -0.4 is 5.69 Å². The van der Waals surface area contributed by atoms with Gasteiger partial charge in [-0.3, -0.25) is 23.9 Å². The molecule has 9 heteroatoms. The van der Waals surface area contributed by atoms with Gasteiger partial charge in [0.25, 0.3) is 0 Å². The molecule has 2 heterocycles. The lowest BCUT2D eigenvalue weighted by Crippen LogP contribution is -2.30. The topological polar surface area (TPSA) is 108 Å². The van der Waals surface area contributed by atoms with Crippen LogP contribution in [0.2, 0.25) is 0 Å². The fourth-order valence-electron chi connectivity index (χ4n) is 2.79. The van der Waals surface area contributed by atoms with E-state index in [-0.39, 0.29) is 24.5 Å². The lowest BCUT2D eigenvalue weighted by Gasteiger charge is -2.11. The van der Waals surface area contributed by atoms with Crippen molar-refractivity contribution in [1.29, 1.82) is 0 Å². The molecule has 1 atom stereocenters. The number of aryl methyl sites for hydroxylation is 1. The van der Waals surface area contributed by atoms with Crippen molar-refractivity contribution in [3.63, 3.8) is 0 Å². The molecule has 0 radical (unpaired) electrons. The number of nitro groups is 1. The summed E-state index contributed by atoms with van der Waals surface area (Å²) in [5.41, 5.74) is 1.23. The minimum atomic E-state index is -0.904. The maximum Gasteiger partial charge on any atom is 0.329 e. The highest BCUT2D eigenvalue weighted by Gasteiger charge is 2.16. The minimum absolute atomic E-state index is 0.0614. The standard InChI is InChI=1S/C15H17N5O4/c1-2-18-13-5-3-4-6-14(13)19(15(18)22)10-12(21)9-17-8-11(7-16-17)20(23)24/h3-8,12,21H,2,9-10H2,1H3. The highest BCUT2D eigenvalue weighted by Crippen LogP contribution is 2.14. The summed E-state index contributed by atoms with van der Waals surface area (Å²) in [6.45, 7) is 2.57. The first-order valence-corrected chi connectivity index (χ1v) is 7.54. The molecule has 0 spiro atoms. The van der Waals surface area contributed by atoms with Gasteiger partial charge >= 0.3 is 11.4 Å². The van der Waals surface area contributed by atoms with E-state index in [4.69, 9.17) is 0 Å². The fraction of sp³-hybridized carbons (Fsp3) is 0.333. The summed E-state index contributed by atoms with van der Waals surface area (Å²) in [7, 11) is 0. The summed E-state index contributed by atoms with van der Waals surface area (Å²) in [5, 5.41) is 24.8. The first kappa shape index (κ1) is 15.9. The molecule has 1 unspecified atom stereocenters. The number of rotatable bonds is 6. The van der Waals surface area contributed by atoms with Crippen LogP contribution in [0.15, 0.2) is 41.5 Å². The van der Waals surface area contributed by atoms with Gasteiger partial charge in [-0.25, -0.2) is 4.79 Å². The number of aliphatic hydroxyl groups is 1. The maximum atomic E-state index is 12.5. The number of nitrogens with zero attached hydrogens (tertiary/aromatic N) is 5. The molecule has 0 aliphatic carbocycles. The summed E-state index contributed by atoms with van der Waals surface area (Å²) in [6.07, 6.45) is 1.47. The van der Waals surface area contributed by atoms with Crippen LogP contribution >= 0.6 is 0 Å². The molecule has 0 saturated carbocycles. The number of imidazole rings is 1. The highest BCUT2D eigenvalue weighted by atomic mass is 16.6. The summed E-state index contributed by atoms with van der Waals surface area (Å²) >= 11 is 0. The van der Waals surface area contributed by atoms with Crippen molar-refractivity contribution in [3.8, 4) is 0 Å². The Kier molecular flexibility index (Phi) is 4.17. The second-order valence-electron chi connectivity index (χ2n) is 5.46. The average Bonchev–Trinajstić information content (AvgIpc) is 3.11. The van der Waals surface area contributed by atoms with Gasteiger partial charge in [0.1, 0.15) is 12.4 Å². The Morgan fingerprint density at radius 2 is 1.92 bits per heavy atom. The SMILES string of the molecule is CCn1c(=O)n(CC(O)Cn2cc([N+](=O)[O-])cn2)c2ccccc21. The zero-order valence-electron chi connectivity index (χ0n) is 13.1. The second kappa shape index (κ2) is 6.28. The van der Waals surface area contributed by atoms with E-state index >= 15 is 0 Å². The Hall–Kier alpha value is -2.94. The smallest absolute Gasteiger partial charge is 0.329 e. The zero-order valence-corrected chi connectivity index (χ0v) is 13.1. The molecule has 0 amide bonds. The largest absolute Gasteiger partial charge is 0.389 e. The Balaban J connectivity index is 1.85. The van der Waals surface area contributed by atoms with E-state index in [1.54, 1.807) is 4.57 Å². The van der Waals surface area contributed by atoms with Gasteiger partial charge in [-0.05, 0) is 19.1 Å². The molecule has 0 fully saturated rings. The quantitative estimate of drug-likeness (QED) is 0.535. The monoisotopic (exact) mass is 331 g/mol. The summed E-state index contributed by atoms with van der Waals surface area (Å²) in [4.78, 5) is 22.6. The van der Waals surface area contributed by atoms with Gasteiger partial charge in [0, 0.05) is 6.54 Å². The van der Waals surface area contributed by atoms with Gasteiger partial charge in [0.05, 0.1) is 35.2 Å². The third kappa shape index (κ3) is 2.81. The number of aliphatic hydroxyl groups excluding tert-OH is 1. The molecule has 1 N–H and O–H groups in total. The van der Waals surface area contributed by atoms with Crippen LogP contribution in [0.25, 0.3) is 11.0 Å². The second-order valence-corrected chi connectivity index (χ2v) is 5.46. The molecule has 24 heavy (non-hydrogen) atoms. The van der Waals surface area contributed by atoms with Crippen molar-refractivity contribution < 1.29 is 10.0 Å². The predicted molar refractivity (Wildman–Crippen MR) is 86.8 cm³/mol. The molecule has 2 aromatic heterocycles. The first-order chi connectivity index (χ1) is 11.5. The molecule has 0 saturated heterocycles. The normalized spacial score (nSPS) is 12.6. The number of benzene rings is 1. The van der Waals surface area contributed by atoms with Crippen LogP contribution in [0.1, 0.15) is 6.92 Å². The predicted octanol–water partition coefficient (Wildman–Crippen LogP) is 0.989. The van der Waals surface area contributed by atoms with Crippen molar-refractivity contribution in [2.45, 2.75) is 32.7 Å².